The Morgan fingerprint density at radius 3 is 2.07 bits per heavy atom. The molecule has 12 heteroatoms. The second-order valence-electron chi connectivity index (χ2n) is 17.2. The maximum absolute atomic E-state index is 16.2. The van der Waals surface area contributed by atoms with Gasteiger partial charge in [0.15, 0.2) is 0 Å². The molecule has 3 amide bonds. The van der Waals surface area contributed by atoms with Crippen molar-refractivity contribution >= 4 is 29.6 Å². The van der Waals surface area contributed by atoms with Crippen LogP contribution in [0.4, 0.5) is 10.5 Å². The molecule has 1 spiro atoms. The monoisotopic (exact) mass is 894 g/mol. The van der Waals surface area contributed by atoms with E-state index in [1.807, 2.05) is 133 Å². The Balaban J connectivity index is 1.26. The maximum Gasteiger partial charge on any atom is 0.329 e. The predicted octanol–water partition coefficient (Wildman–Crippen LogP) is 7.76. The summed E-state index contributed by atoms with van der Waals surface area (Å²) in [6, 6.07) is 45.1. The van der Waals surface area contributed by atoms with Gasteiger partial charge in [0.05, 0.1) is 37.0 Å². The summed E-state index contributed by atoms with van der Waals surface area (Å²) in [5.41, 5.74) is 2.60. The molecule has 7 atom stereocenters. The minimum Gasteiger partial charge on any atom is -0.491 e. The number of benzene rings is 6. The Morgan fingerprint density at radius 1 is 0.806 bits per heavy atom. The van der Waals surface area contributed by atoms with Crippen molar-refractivity contribution in [2.45, 2.75) is 49.2 Å². The number of fused-ring (bicyclic) bond motifs is 3. The van der Waals surface area contributed by atoms with E-state index in [1.165, 1.54) is 0 Å². The van der Waals surface area contributed by atoms with Crippen molar-refractivity contribution < 1.29 is 38.9 Å². The standard InChI is InChI=1S/C55H50N4O8/c1-36(39-19-9-4-10-20-39)56-54(65)58-45-30-25-37(18-15-31-57(2)35-38-16-7-3-8-17-38)34-44(45)55(53(58)64)46(51(61)62)48-52(63)67-49(41-23-13-6-14-24-41)47(40-21-11-5-12-22-40)59(48)50(55)42-26-28-43(29-27-42)66-33-32-60/h3-14,16-17,19-30,34,36,46-50,60H,31-33,35H2,1-2H3,(H,56,65)(H,61,62)/t36-,46-,47-,48-,49+,50+,55-/m1/s1. The average molecular weight is 895 g/mol. The quantitative estimate of drug-likeness (QED) is 0.0823. The van der Waals surface area contributed by atoms with Crippen molar-refractivity contribution in [1.82, 2.24) is 15.1 Å². The number of hydrogen-bond donors (Lipinski definition) is 3. The van der Waals surface area contributed by atoms with Crippen LogP contribution in [0.5, 0.6) is 5.75 Å². The van der Waals surface area contributed by atoms with Crippen LogP contribution < -0.4 is 15.0 Å². The molecule has 67 heavy (non-hydrogen) atoms. The molecule has 6 aromatic carbocycles. The highest BCUT2D eigenvalue weighted by Crippen LogP contribution is 2.66. The Kier molecular flexibility index (Phi) is 12.7. The third-order valence-electron chi connectivity index (χ3n) is 13.0. The van der Waals surface area contributed by atoms with Gasteiger partial charge in [-0.05, 0) is 77.7 Å². The molecule has 0 bridgehead atoms. The molecule has 0 aromatic heterocycles. The van der Waals surface area contributed by atoms with Crippen molar-refractivity contribution in [3.8, 4) is 17.6 Å². The largest absolute Gasteiger partial charge is 0.491 e. The molecular weight excluding hydrogens is 845 g/mol. The number of nitrogens with zero attached hydrogens (tertiary/aromatic N) is 3. The zero-order valence-electron chi connectivity index (χ0n) is 37.1. The SMILES string of the molecule is C[C@@H](NC(=O)N1C(=O)[C@@]2(c3cc(C#CCN(C)Cc4ccccc4)ccc31)[C@H](c1ccc(OCCO)cc1)N1[C@H](c3ccccc3)[C@H](c3ccccc3)OC(=O)[C@H]1[C@@H]2C(=O)O)c1ccccc1. The van der Waals surface area contributed by atoms with Gasteiger partial charge in [-0.15, -0.1) is 0 Å². The van der Waals surface area contributed by atoms with E-state index in [0.717, 1.165) is 21.6 Å². The number of carbonyl (C=O) groups excluding carboxylic acids is 3. The lowest BCUT2D eigenvalue weighted by atomic mass is 9.65. The lowest BCUT2D eigenvalue weighted by Gasteiger charge is -2.46. The molecule has 338 valence electrons. The van der Waals surface area contributed by atoms with Gasteiger partial charge in [-0.2, -0.15) is 0 Å². The number of imide groups is 1. The van der Waals surface area contributed by atoms with Crippen LogP contribution in [0, 0.1) is 17.8 Å². The topological polar surface area (TPSA) is 149 Å². The Labute approximate surface area is 389 Å². The van der Waals surface area contributed by atoms with Crippen LogP contribution in [0.2, 0.25) is 0 Å². The zero-order chi connectivity index (χ0) is 46.7. The van der Waals surface area contributed by atoms with Crippen LogP contribution >= 0.6 is 0 Å². The zero-order valence-corrected chi connectivity index (χ0v) is 37.1. The fourth-order valence-electron chi connectivity index (χ4n) is 10.2. The van der Waals surface area contributed by atoms with Crippen molar-refractivity contribution in [3.05, 3.63) is 203 Å². The summed E-state index contributed by atoms with van der Waals surface area (Å²) >= 11 is 0. The molecule has 0 unspecified atom stereocenters. The van der Waals surface area contributed by atoms with E-state index in [4.69, 9.17) is 9.47 Å². The number of carboxylic acid groups (broad SMARTS) is 1. The van der Waals surface area contributed by atoms with Gasteiger partial charge in [0, 0.05) is 12.1 Å². The van der Waals surface area contributed by atoms with Gasteiger partial charge < -0.3 is 25.0 Å². The summed E-state index contributed by atoms with van der Waals surface area (Å²) in [6.45, 7) is 2.68. The third-order valence-corrected chi connectivity index (χ3v) is 13.0. The number of nitrogens with one attached hydrogen (secondary N) is 1. The lowest BCUT2D eigenvalue weighted by molar-refractivity contribution is -0.179. The molecule has 0 radical (unpaired) electrons. The number of carbonyl (C=O) groups is 4. The summed E-state index contributed by atoms with van der Waals surface area (Å²) in [5, 5.41) is 24.3. The van der Waals surface area contributed by atoms with Crippen LogP contribution in [0.25, 0.3) is 0 Å². The highest BCUT2D eigenvalue weighted by Gasteiger charge is 2.76. The molecule has 0 aliphatic carbocycles. The van der Waals surface area contributed by atoms with Gasteiger partial charge in [-0.1, -0.05) is 145 Å². The van der Waals surface area contributed by atoms with E-state index >= 15 is 4.79 Å². The first kappa shape index (κ1) is 44.6. The fraction of sp³-hybridized carbons (Fsp3) is 0.236. The summed E-state index contributed by atoms with van der Waals surface area (Å²) in [6.07, 6.45) is -0.932. The Morgan fingerprint density at radius 2 is 1.43 bits per heavy atom. The minimum absolute atomic E-state index is 0.0336. The molecule has 3 heterocycles. The molecular formula is C55H50N4O8. The van der Waals surface area contributed by atoms with Gasteiger partial charge in [-0.3, -0.25) is 24.2 Å². The van der Waals surface area contributed by atoms with E-state index in [1.54, 1.807) is 49.4 Å². The third kappa shape index (κ3) is 8.34. The number of aliphatic carboxylic acids is 1. The van der Waals surface area contributed by atoms with Gasteiger partial charge in [-0.25, -0.2) is 9.69 Å². The molecule has 2 fully saturated rings. The molecule has 3 N–H and O–H groups in total. The number of esters is 1. The predicted molar refractivity (Wildman–Crippen MR) is 252 cm³/mol. The Bertz CT molecular complexity index is 2820. The van der Waals surface area contributed by atoms with E-state index in [2.05, 4.69) is 22.1 Å². The summed E-state index contributed by atoms with van der Waals surface area (Å²) in [7, 11) is 1.97. The maximum atomic E-state index is 16.2. The summed E-state index contributed by atoms with van der Waals surface area (Å²) < 4.78 is 12.2. The summed E-state index contributed by atoms with van der Waals surface area (Å²) in [4.78, 5) is 65.4. The molecule has 6 aromatic rings. The van der Waals surface area contributed by atoms with Gasteiger partial charge in [0.1, 0.15) is 35.8 Å². The number of amides is 3. The summed E-state index contributed by atoms with van der Waals surface area (Å²) in [5.74, 6) is 2.14. The number of urea groups is 1. The first-order valence-corrected chi connectivity index (χ1v) is 22.3. The molecule has 3 aliphatic rings. The van der Waals surface area contributed by atoms with Crippen LogP contribution in [0.1, 0.15) is 70.1 Å². The van der Waals surface area contributed by atoms with Crippen LogP contribution in [0.15, 0.2) is 164 Å². The van der Waals surface area contributed by atoms with Crippen molar-refractivity contribution in [3.63, 3.8) is 0 Å². The highest BCUT2D eigenvalue weighted by molar-refractivity contribution is 6.24. The lowest BCUT2D eigenvalue weighted by Crippen LogP contribution is -2.54. The molecule has 0 saturated carbocycles. The van der Waals surface area contributed by atoms with E-state index < -0.39 is 65.5 Å². The number of aliphatic hydroxyl groups is 1. The average Bonchev–Trinajstić information content (AvgIpc) is 3.81. The number of ether oxygens (including phenoxy) is 2. The van der Waals surface area contributed by atoms with Crippen molar-refractivity contribution in [1.29, 1.82) is 0 Å². The van der Waals surface area contributed by atoms with E-state index in [9.17, 15) is 24.6 Å². The number of rotatable bonds is 12. The first-order valence-electron chi connectivity index (χ1n) is 22.3. The van der Waals surface area contributed by atoms with E-state index in [0.29, 0.717) is 35.5 Å². The van der Waals surface area contributed by atoms with Crippen LogP contribution in [0.3, 0.4) is 0 Å². The second kappa shape index (κ2) is 19.1. The van der Waals surface area contributed by atoms with Crippen LogP contribution in [-0.4, -0.2) is 76.7 Å². The number of aliphatic hydroxyl groups excluding tert-OH is 1. The molecule has 2 saturated heterocycles. The molecule has 12 nitrogen and oxygen atoms in total. The molecule has 3 aliphatic heterocycles. The van der Waals surface area contributed by atoms with E-state index in [-0.39, 0.29) is 24.5 Å². The minimum atomic E-state index is -2.12. The fourth-order valence-corrected chi connectivity index (χ4v) is 10.2. The number of cyclic esters (lactones) is 1. The number of hydrogen-bond acceptors (Lipinski definition) is 9. The normalized spacial score (nSPS) is 22.3. The van der Waals surface area contributed by atoms with Crippen LogP contribution in [-0.2, 0) is 31.1 Å². The number of morpholine rings is 1. The smallest absolute Gasteiger partial charge is 0.329 e. The van der Waals surface area contributed by atoms with Gasteiger partial charge in [0.25, 0.3) is 0 Å². The number of anilines is 1. The Hall–Kier alpha value is -7.56. The highest BCUT2D eigenvalue weighted by atomic mass is 16.6. The van der Waals surface area contributed by atoms with Gasteiger partial charge in [0.2, 0.25) is 5.91 Å². The first-order chi connectivity index (χ1) is 32.6. The second-order valence-corrected chi connectivity index (χ2v) is 17.2. The van der Waals surface area contributed by atoms with Crippen molar-refractivity contribution in [2.75, 3.05) is 31.7 Å². The molecule has 9 rings (SSSR count). The van der Waals surface area contributed by atoms with Gasteiger partial charge >= 0.3 is 18.0 Å². The van der Waals surface area contributed by atoms with Crippen molar-refractivity contribution in [2.24, 2.45) is 5.92 Å². The number of carboxylic acids is 1.